The van der Waals surface area contributed by atoms with Crippen molar-refractivity contribution in [2.75, 3.05) is 0 Å². The lowest BCUT2D eigenvalue weighted by atomic mass is 10.1. The van der Waals surface area contributed by atoms with Crippen molar-refractivity contribution in [2.45, 2.75) is 20.4 Å². The summed E-state index contributed by atoms with van der Waals surface area (Å²) in [6.45, 7) is 2.98. The van der Waals surface area contributed by atoms with E-state index < -0.39 is 15.8 Å². The van der Waals surface area contributed by atoms with Gasteiger partial charge in [-0.05, 0) is 26.0 Å². The van der Waals surface area contributed by atoms with Gasteiger partial charge in [0.2, 0.25) is 5.91 Å². The van der Waals surface area contributed by atoms with Crippen molar-refractivity contribution in [3.8, 4) is 0 Å². The first-order chi connectivity index (χ1) is 10.7. The van der Waals surface area contributed by atoms with Gasteiger partial charge < -0.3 is 5.73 Å². The number of rotatable bonds is 5. The van der Waals surface area contributed by atoms with Gasteiger partial charge in [-0.2, -0.15) is 5.10 Å². The van der Waals surface area contributed by atoms with E-state index in [0.29, 0.717) is 5.69 Å². The lowest BCUT2D eigenvalue weighted by Gasteiger charge is -2.06. The average Bonchev–Trinajstić information content (AvgIpc) is 2.73. The highest BCUT2D eigenvalue weighted by Crippen LogP contribution is 2.26. The summed E-state index contributed by atoms with van der Waals surface area (Å²) in [5.74, 6) is -0.776. The second-order valence-corrected chi connectivity index (χ2v) is 4.90. The number of nitrogens with zero attached hydrogens (tertiary/aromatic N) is 4. The van der Waals surface area contributed by atoms with Crippen molar-refractivity contribution < 1.29 is 14.6 Å². The molecule has 0 saturated carbocycles. The van der Waals surface area contributed by atoms with Crippen LogP contribution in [0.15, 0.2) is 18.2 Å². The predicted molar refractivity (Wildman–Crippen MR) is 79.1 cm³/mol. The molecule has 1 heterocycles. The van der Waals surface area contributed by atoms with Crippen LogP contribution < -0.4 is 5.73 Å². The van der Waals surface area contributed by atoms with E-state index in [1.807, 2.05) is 0 Å². The molecule has 2 N–H and O–H groups in total. The Balaban J connectivity index is 2.49. The second-order valence-electron chi connectivity index (χ2n) is 4.90. The summed E-state index contributed by atoms with van der Waals surface area (Å²) in [5, 5.41) is 26.2. The number of aryl methyl sites for hydroxylation is 1. The zero-order chi connectivity index (χ0) is 17.3. The fourth-order valence-corrected chi connectivity index (χ4v) is 2.29. The number of nitro benzene ring substituents is 1. The van der Waals surface area contributed by atoms with E-state index in [1.54, 1.807) is 0 Å². The number of benzene rings is 1. The fourth-order valence-electron chi connectivity index (χ4n) is 2.29. The number of carbonyl (C=O) groups excluding carboxylic acids is 1. The van der Waals surface area contributed by atoms with Crippen LogP contribution in [-0.2, 0) is 6.54 Å². The Kier molecular flexibility index (Phi) is 4.08. The molecule has 120 valence electrons. The highest BCUT2D eigenvalue weighted by Gasteiger charge is 2.24. The smallest absolute Gasteiger partial charge is 0.312 e. The fraction of sp³-hybridized carbons (Fsp3) is 0.231. The molecule has 0 bridgehead atoms. The Morgan fingerprint density at radius 3 is 2.39 bits per heavy atom. The average molecular weight is 319 g/mol. The number of nitrogens with two attached hydrogens (primary N) is 1. The van der Waals surface area contributed by atoms with Crippen LogP contribution in [0.5, 0.6) is 0 Å². The van der Waals surface area contributed by atoms with Crippen LogP contribution in [0, 0.1) is 34.1 Å². The molecule has 1 amide bonds. The molecule has 0 fully saturated rings. The van der Waals surface area contributed by atoms with Gasteiger partial charge in [-0.1, -0.05) is 0 Å². The first-order valence-electron chi connectivity index (χ1n) is 6.48. The van der Waals surface area contributed by atoms with Crippen LogP contribution in [0.3, 0.4) is 0 Å². The van der Waals surface area contributed by atoms with Gasteiger partial charge in [0.15, 0.2) is 0 Å². The first-order valence-corrected chi connectivity index (χ1v) is 6.48. The maximum Gasteiger partial charge on any atom is 0.312 e. The number of primary amides is 1. The zero-order valence-corrected chi connectivity index (χ0v) is 12.3. The number of carbonyl (C=O) groups is 1. The number of nitro groups is 2. The molecule has 0 aliphatic heterocycles. The molecule has 0 atom stereocenters. The molecule has 10 heteroatoms. The topological polar surface area (TPSA) is 147 Å². The lowest BCUT2D eigenvalue weighted by Crippen LogP contribution is -2.13. The third kappa shape index (κ3) is 3.00. The number of hydrogen-bond acceptors (Lipinski definition) is 6. The molecular weight excluding hydrogens is 306 g/mol. The Bertz CT molecular complexity index is 826. The monoisotopic (exact) mass is 319 g/mol. The van der Waals surface area contributed by atoms with Gasteiger partial charge >= 0.3 is 5.69 Å². The highest BCUT2D eigenvalue weighted by molar-refractivity contribution is 5.93. The molecule has 0 aliphatic rings. The van der Waals surface area contributed by atoms with Crippen molar-refractivity contribution in [2.24, 2.45) is 5.73 Å². The van der Waals surface area contributed by atoms with E-state index in [0.717, 1.165) is 6.07 Å². The van der Waals surface area contributed by atoms with Crippen LogP contribution >= 0.6 is 0 Å². The number of aromatic nitrogens is 2. The summed E-state index contributed by atoms with van der Waals surface area (Å²) < 4.78 is 1.32. The maximum atomic E-state index is 11.2. The quantitative estimate of drug-likeness (QED) is 0.651. The normalized spacial score (nSPS) is 10.5. The number of amides is 1. The van der Waals surface area contributed by atoms with Crippen molar-refractivity contribution in [1.29, 1.82) is 0 Å². The minimum Gasteiger partial charge on any atom is -0.366 e. The van der Waals surface area contributed by atoms with Gasteiger partial charge in [0.25, 0.3) is 5.69 Å². The van der Waals surface area contributed by atoms with Crippen LogP contribution in [0.1, 0.15) is 27.3 Å². The summed E-state index contributed by atoms with van der Waals surface area (Å²) in [7, 11) is 0. The van der Waals surface area contributed by atoms with E-state index in [4.69, 9.17) is 5.73 Å². The molecular formula is C13H13N5O5. The Labute approximate surface area is 129 Å². The van der Waals surface area contributed by atoms with E-state index in [-0.39, 0.29) is 34.7 Å². The van der Waals surface area contributed by atoms with Gasteiger partial charge in [-0.25, -0.2) is 0 Å². The van der Waals surface area contributed by atoms with E-state index in [2.05, 4.69) is 5.10 Å². The Morgan fingerprint density at radius 1 is 1.26 bits per heavy atom. The largest absolute Gasteiger partial charge is 0.366 e. The molecule has 0 spiro atoms. The van der Waals surface area contributed by atoms with E-state index in [1.165, 1.54) is 30.7 Å². The summed E-state index contributed by atoms with van der Waals surface area (Å²) in [6.07, 6.45) is 0. The van der Waals surface area contributed by atoms with Crippen molar-refractivity contribution >= 4 is 17.3 Å². The second kappa shape index (κ2) is 5.83. The molecule has 2 rings (SSSR count). The molecule has 0 saturated heterocycles. The highest BCUT2D eigenvalue weighted by atomic mass is 16.6. The van der Waals surface area contributed by atoms with Crippen LogP contribution in [0.4, 0.5) is 11.4 Å². The molecule has 23 heavy (non-hydrogen) atoms. The van der Waals surface area contributed by atoms with Crippen LogP contribution in [-0.4, -0.2) is 25.5 Å². The minimum absolute atomic E-state index is 0.0137. The van der Waals surface area contributed by atoms with Gasteiger partial charge in [0.1, 0.15) is 11.4 Å². The lowest BCUT2D eigenvalue weighted by molar-refractivity contribution is -0.386. The third-order valence-electron chi connectivity index (χ3n) is 3.41. The van der Waals surface area contributed by atoms with Gasteiger partial charge in [-0.15, -0.1) is 0 Å². The van der Waals surface area contributed by atoms with Crippen molar-refractivity contribution in [3.05, 3.63) is 60.9 Å². The van der Waals surface area contributed by atoms with Crippen LogP contribution in [0.2, 0.25) is 0 Å². The van der Waals surface area contributed by atoms with E-state index in [9.17, 15) is 25.0 Å². The maximum absolute atomic E-state index is 11.2. The van der Waals surface area contributed by atoms with Crippen molar-refractivity contribution in [3.63, 3.8) is 0 Å². The van der Waals surface area contributed by atoms with Crippen molar-refractivity contribution in [1.82, 2.24) is 9.78 Å². The minimum atomic E-state index is -0.776. The standard InChI is InChI=1S/C13H13N5O5/c1-7-12(18(22)23)8(2)16(15-7)6-10-4-3-9(13(14)19)5-11(10)17(20)21/h3-5H,6H2,1-2H3,(H2,14,19). The Hall–Kier alpha value is -3.30. The predicted octanol–water partition coefficient (Wildman–Crippen LogP) is 1.46. The van der Waals surface area contributed by atoms with Gasteiger partial charge in [0.05, 0.1) is 22.0 Å². The third-order valence-corrected chi connectivity index (χ3v) is 3.41. The van der Waals surface area contributed by atoms with Crippen LogP contribution in [0.25, 0.3) is 0 Å². The summed E-state index contributed by atoms with van der Waals surface area (Å²) >= 11 is 0. The molecule has 0 aliphatic carbocycles. The summed E-state index contributed by atoms with van der Waals surface area (Å²) in [6, 6.07) is 3.84. The van der Waals surface area contributed by atoms with E-state index >= 15 is 0 Å². The van der Waals surface area contributed by atoms with Gasteiger partial charge in [-0.3, -0.25) is 29.7 Å². The Morgan fingerprint density at radius 2 is 1.91 bits per heavy atom. The molecule has 1 aromatic heterocycles. The number of hydrogen-bond donors (Lipinski definition) is 1. The SMILES string of the molecule is Cc1nn(Cc2ccc(C(N)=O)cc2[N+](=O)[O-])c(C)c1[N+](=O)[O-]. The van der Waals surface area contributed by atoms with Gasteiger partial charge in [0, 0.05) is 11.6 Å². The first kappa shape index (κ1) is 16.1. The zero-order valence-electron chi connectivity index (χ0n) is 12.3. The molecule has 1 aromatic carbocycles. The molecule has 2 aromatic rings. The molecule has 10 nitrogen and oxygen atoms in total. The summed E-state index contributed by atoms with van der Waals surface area (Å²) in [4.78, 5) is 32.1. The molecule has 0 radical (unpaired) electrons. The summed E-state index contributed by atoms with van der Waals surface area (Å²) in [5.41, 5.74) is 5.49. The molecule has 0 unspecified atom stereocenters.